The van der Waals surface area contributed by atoms with Gasteiger partial charge in [0, 0.05) is 24.7 Å². The minimum Gasteiger partial charge on any atom is -0.491 e. The summed E-state index contributed by atoms with van der Waals surface area (Å²) < 4.78 is 17.3. The molecule has 0 radical (unpaired) electrons. The van der Waals surface area contributed by atoms with Crippen LogP contribution in [0.1, 0.15) is 65.2 Å². The van der Waals surface area contributed by atoms with Gasteiger partial charge in [-0.3, -0.25) is 9.59 Å². The summed E-state index contributed by atoms with van der Waals surface area (Å²) in [6.07, 6.45) is 0.476. The highest BCUT2D eigenvalue weighted by Gasteiger charge is 2.36. The molecule has 0 aliphatic carbocycles. The molecule has 8 nitrogen and oxygen atoms in total. The molecule has 0 N–H and O–H groups in total. The standard InChI is InChI=1S/C31H42N2O6/c1-21-17-22(33(18-21)29(36)39-31(5,6)7)20-37-26-16-12-11-14-24(26)23-13-9-10-15-25(23)28(35)32(8)19-27(34)38-30(2,3)4/h9-16,21-22H,17-20H2,1-8H3/t21-,22+/m1/s1. The number of likely N-dealkylation sites (N-methyl/N-ethyl adjacent to an activating group) is 1. The minimum absolute atomic E-state index is 0.125. The highest BCUT2D eigenvalue weighted by molar-refractivity contribution is 6.02. The Hall–Kier alpha value is -3.55. The number of likely N-dealkylation sites (tertiary alicyclic amines) is 1. The molecule has 212 valence electrons. The summed E-state index contributed by atoms with van der Waals surface area (Å²) in [4.78, 5) is 41.7. The Morgan fingerprint density at radius 1 is 0.897 bits per heavy atom. The van der Waals surface area contributed by atoms with Crippen molar-refractivity contribution in [3.8, 4) is 16.9 Å². The van der Waals surface area contributed by atoms with Gasteiger partial charge < -0.3 is 24.0 Å². The molecule has 2 aromatic carbocycles. The number of benzene rings is 2. The topological polar surface area (TPSA) is 85.4 Å². The highest BCUT2D eigenvalue weighted by atomic mass is 16.6. The number of carbonyl (C=O) groups is 3. The fourth-order valence-corrected chi connectivity index (χ4v) is 4.60. The summed E-state index contributed by atoms with van der Waals surface area (Å²) in [5.74, 6) is 0.170. The van der Waals surface area contributed by atoms with Gasteiger partial charge in [0.1, 0.15) is 30.1 Å². The first kappa shape index (κ1) is 30.0. The molecule has 3 rings (SSSR count). The Morgan fingerprint density at radius 3 is 2.13 bits per heavy atom. The third-order valence-electron chi connectivity index (χ3n) is 6.15. The number of hydrogen-bond acceptors (Lipinski definition) is 6. The number of para-hydroxylation sites is 1. The van der Waals surface area contributed by atoms with Crippen molar-refractivity contribution in [2.75, 3.05) is 26.7 Å². The zero-order chi connectivity index (χ0) is 29.0. The van der Waals surface area contributed by atoms with Crippen LogP contribution in [0.15, 0.2) is 48.5 Å². The molecule has 0 unspecified atom stereocenters. The van der Waals surface area contributed by atoms with E-state index in [1.807, 2.05) is 57.2 Å². The van der Waals surface area contributed by atoms with Crippen molar-refractivity contribution in [1.29, 1.82) is 0 Å². The molecular formula is C31H42N2O6. The molecule has 1 heterocycles. The van der Waals surface area contributed by atoms with E-state index in [0.29, 0.717) is 35.9 Å². The monoisotopic (exact) mass is 538 g/mol. The van der Waals surface area contributed by atoms with Crippen LogP contribution < -0.4 is 4.74 Å². The van der Waals surface area contributed by atoms with Crippen LogP contribution in [-0.4, -0.2) is 71.8 Å². The number of rotatable bonds is 7. The number of ether oxygens (including phenoxy) is 3. The van der Waals surface area contributed by atoms with Crippen LogP contribution in [0.25, 0.3) is 11.1 Å². The average Bonchev–Trinajstić information content (AvgIpc) is 3.21. The fourth-order valence-electron chi connectivity index (χ4n) is 4.60. The summed E-state index contributed by atoms with van der Waals surface area (Å²) in [5, 5.41) is 0. The molecule has 0 aromatic heterocycles. The van der Waals surface area contributed by atoms with Crippen LogP contribution in [-0.2, 0) is 14.3 Å². The lowest BCUT2D eigenvalue weighted by Crippen LogP contribution is -2.42. The predicted octanol–water partition coefficient (Wildman–Crippen LogP) is 5.79. The van der Waals surface area contributed by atoms with Crippen LogP contribution in [0.3, 0.4) is 0 Å². The molecule has 1 saturated heterocycles. The van der Waals surface area contributed by atoms with Crippen molar-refractivity contribution >= 4 is 18.0 Å². The second-order valence-electron chi connectivity index (χ2n) is 12.2. The summed E-state index contributed by atoms with van der Waals surface area (Å²) in [5.41, 5.74) is 0.684. The van der Waals surface area contributed by atoms with Gasteiger partial charge in [-0.1, -0.05) is 43.3 Å². The molecule has 1 aliphatic heterocycles. The van der Waals surface area contributed by atoms with Crippen LogP contribution in [0.2, 0.25) is 0 Å². The zero-order valence-corrected chi connectivity index (χ0v) is 24.4. The van der Waals surface area contributed by atoms with Gasteiger partial charge in [-0.2, -0.15) is 0 Å². The Labute approximate surface area is 232 Å². The third kappa shape index (κ3) is 8.47. The summed E-state index contributed by atoms with van der Waals surface area (Å²) in [6.45, 7) is 13.8. The zero-order valence-electron chi connectivity index (χ0n) is 24.4. The lowest BCUT2D eigenvalue weighted by Gasteiger charge is -2.28. The maximum Gasteiger partial charge on any atom is 0.410 e. The maximum atomic E-state index is 13.4. The first-order valence-corrected chi connectivity index (χ1v) is 13.4. The van der Waals surface area contributed by atoms with Crippen LogP contribution in [0.5, 0.6) is 5.75 Å². The van der Waals surface area contributed by atoms with Crippen molar-refractivity contribution in [1.82, 2.24) is 9.80 Å². The number of hydrogen-bond donors (Lipinski definition) is 0. The molecule has 0 saturated carbocycles. The van der Waals surface area contributed by atoms with Crippen LogP contribution >= 0.6 is 0 Å². The van der Waals surface area contributed by atoms with E-state index in [0.717, 1.165) is 12.0 Å². The summed E-state index contributed by atoms with van der Waals surface area (Å²) in [6, 6.07) is 14.7. The number of amides is 2. The quantitative estimate of drug-likeness (QED) is 0.415. The Kier molecular flexibility index (Phi) is 9.30. The van der Waals surface area contributed by atoms with Crippen molar-refractivity contribution in [3.05, 3.63) is 54.1 Å². The molecule has 2 atom stereocenters. The van der Waals surface area contributed by atoms with Crippen molar-refractivity contribution < 1.29 is 28.6 Å². The average molecular weight is 539 g/mol. The molecule has 2 aromatic rings. The minimum atomic E-state index is -0.634. The van der Waals surface area contributed by atoms with Crippen molar-refractivity contribution in [3.63, 3.8) is 0 Å². The molecule has 1 fully saturated rings. The van der Waals surface area contributed by atoms with E-state index in [1.54, 1.807) is 44.9 Å². The highest BCUT2D eigenvalue weighted by Crippen LogP contribution is 2.34. The summed E-state index contributed by atoms with van der Waals surface area (Å²) >= 11 is 0. The SMILES string of the molecule is C[C@@H]1C[C@@H](COc2ccccc2-c2ccccc2C(=O)N(C)CC(=O)OC(C)(C)C)N(C(=O)OC(C)(C)C)C1. The Balaban J connectivity index is 1.80. The lowest BCUT2D eigenvalue weighted by atomic mass is 9.98. The van der Waals surface area contributed by atoms with Crippen molar-refractivity contribution in [2.24, 2.45) is 5.92 Å². The largest absolute Gasteiger partial charge is 0.491 e. The first-order chi connectivity index (χ1) is 18.1. The van der Waals surface area contributed by atoms with E-state index < -0.39 is 17.2 Å². The molecule has 8 heteroatoms. The van der Waals surface area contributed by atoms with Crippen LogP contribution in [0, 0.1) is 5.92 Å². The predicted molar refractivity (Wildman–Crippen MR) is 151 cm³/mol. The number of nitrogens with zero attached hydrogens (tertiary/aromatic N) is 2. The Bertz CT molecular complexity index is 1180. The summed E-state index contributed by atoms with van der Waals surface area (Å²) in [7, 11) is 1.58. The van der Waals surface area contributed by atoms with E-state index >= 15 is 0 Å². The van der Waals surface area contributed by atoms with E-state index in [4.69, 9.17) is 14.2 Å². The van der Waals surface area contributed by atoms with Crippen LogP contribution in [0.4, 0.5) is 4.79 Å². The van der Waals surface area contributed by atoms with Gasteiger partial charge in [-0.25, -0.2) is 4.79 Å². The normalized spacial score (nSPS) is 17.5. The fraction of sp³-hybridized carbons (Fsp3) is 0.516. The second-order valence-corrected chi connectivity index (χ2v) is 12.2. The smallest absolute Gasteiger partial charge is 0.410 e. The van der Waals surface area contributed by atoms with Gasteiger partial charge in [0.25, 0.3) is 5.91 Å². The molecule has 0 spiro atoms. The number of esters is 1. The molecule has 2 amide bonds. The van der Waals surface area contributed by atoms with Gasteiger partial charge in [0.15, 0.2) is 0 Å². The molecule has 0 bridgehead atoms. The molecular weight excluding hydrogens is 496 g/mol. The van der Waals surface area contributed by atoms with E-state index in [-0.39, 0.29) is 24.6 Å². The molecule has 39 heavy (non-hydrogen) atoms. The second kappa shape index (κ2) is 12.1. The third-order valence-corrected chi connectivity index (χ3v) is 6.15. The molecule has 1 aliphatic rings. The van der Waals surface area contributed by atoms with Gasteiger partial charge in [0.2, 0.25) is 0 Å². The Morgan fingerprint density at radius 2 is 1.49 bits per heavy atom. The van der Waals surface area contributed by atoms with Gasteiger partial charge in [-0.05, 0) is 71.6 Å². The lowest BCUT2D eigenvalue weighted by molar-refractivity contribution is -0.155. The van der Waals surface area contributed by atoms with E-state index in [2.05, 4.69) is 6.92 Å². The van der Waals surface area contributed by atoms with Gasteiger partial charge >= 0.3 is 12.1 Å². The van der Waals surface area contributed by atoms with E-state index in [9.17, 15) is 14.4 Å². The van der Waals surface area contributed by atoms with E-state index in [1.165, 1.54) is 4.90 Å². The number of carbonyl (C=O) groups excluding carboxylic acids is 3. The maximum absolute atomic E-state index is 13.4. The van der Waals surface area contributed by atoms with Gasteiger partial charge in [0.05, 0.1) is 6.04 Å². The van der Waals surface area contributed by atoms with Crippen molar-refractivity contribution in [2.45, 2.75) is 72.1 Å². The first-order valence-electron chi connectivity index (χ1n) is 13.4. The van der Waals surface area contributed by atoms with Gasteiger partial charge in [-0.15, -0.1) is 0 Å².